The molecule has 0 aliphatic heterocycles. The molecule has 0 bridgehead atoms. The molecule has 0 aromatic carbocycles. The van der Waals surface area contributed by atoms with Gasteiger partial charge in [-0.25, -0.2) is 20.8 Å². The Hall–Kier alpha value is -1.73. The molecule has 7 nitrogen and oxygen atoms in total. The van der Waals surface area contributed by atoms with Crippen LogP contribution in [0.4, 0.5) is 0 Å². The predicted molar refractivity (Wildman–Crippen MR) is 65.1 cm³/mol. The van der Waals surface area contributed by atoms with Crippen LogP contribution in [0.2, 0.25) is 0 Å². The number of ether oxygens (including phenoxy) is 1. The van der Waals surface area contributed by atoms with E-state index in [0.717, 1.165) is 11.5 Å². The number of aromatic nitrogens is 2. The number of nitrogens with zero attached hydrogens (tertiary/aromatic N) is 3. The summed E-state index contributed by atoms with van der Waals surface area (Å²) in [6.45, 7) is 3.52. The summed E-state index contributed by atoms with van der Waals surface area (Å²) in [4.78, 5) is 12.5. The van der Waals surface area contributed by atoms with Crippen LogP contribution < -0.4 is 16.6 Å². The topological polar surface area (TPSA) is 97.4 Å². The van der Waals surface area contributed by atoms with Crippen molar-refractivity contribution in [2.75, 3.05) is 20.3 Å². The molecule has 0 saturated carbocycles. The number of methoxy groups -OCH3 is 1. The van der Waals surface area contributed by atoms with Crippen molar-refractivity contribution in [3.05, 3.63) is 23.8 Å². The number of hydrazine groups is 1. The van der Waals surface area contributed by atoms with E-state index in [-0.39, 0.29) is 0 Å². The second kappa shape index (κ2) is 7.53. The third-order valence-corrected chi connectivity index (χ3v) is 1.97. The molecular formula is C10H18N6O. The summed E-state index contributed by atoms with van der Waals surface area (Å²) in [5.41, 5.74) is 3.33. The lowest BCUT2D eigenvalue weighted by Crippen LogP contribution is -2.42. The van der Waals surface area contributed by atoms with E-state index in [9.17, 15) is 0 Å². The molecule has 0 saturated heterocycles. The van der Waals surface area contributed by atoms with E-state index in [1.165, 1.54) is 0 Å². The maximum Gasteiger partial charge on any atom is 0.206 e. The molecule has 4 N–H and O–H groups in total. The van der Waals surface area contributed by atoms with Gasteiger partial charge in [0.15, 0.2) is 0 Å². The van der Waals surface area contributed by atoms with E-state index in [2.05, 4.69) is 25.7 Å². The second-order valence-corrected chi connectivity index (χ2v) is 3.32. The summed E-state index contributed by atoms with van der Waals surface area (Å²) in [5, 5.41) is 3.00. The summed E-state index contributed by atoms with van der Waals surface area (Å²) < 4.78 is 4.91. The van der Waals surface area contributed by atoms with Gasteiger partial charge in [-0.1, -0.05) is 0 Å². The molecule has 1 rings (SSSR count). The smallest absolute Gasteiger partial charge is 0.206 e. The Bertz CT molecular complexity index is 368. The molecule has 1 heterocycles. The summed E-state index contributed by atoms with van der Waals surface area (Å²) >= 11 is 0. The predicted octanol–water partition coefficient (Wildman–Crippen LogP) is -0.660. The Morgan fingerprint density at radius 3 is 3.06 bits per heavy atom. The Morgan fingerprint density at radius 1 is 1.59 bits per heavy atom. The highest BCUT2D eigenvalue weighted by atomic mass is 16.5. The van der Waals surface area contributed by atoms with Crippen LogP contribution in [0.1, 0.15) is 11.5 Å². The molecule has 0 fully saturated rings. The summed E-state index contributed by atoms with van der Waals surface area (Å²) in [7, 11) is 1.64. The van der Waals surface area contributed by atoms with Crippen molar-refractivity contribution in [3.63, 3.8) is 0 Å². The third-order valence-electron chi connectivity index (χ3n) is 1.97. The lowest BCUT2D eigenvalue weighted by atomic mass is 10.4. The first-order valence-corrected chi connectivity index (χ1v) is 5.28. The van der Waals surface area contributed by atoms with Gasteiger partial charge in [0.2, 0.25) is 5.96 Å². The number of nitrogens with one attached hydrogen (secondary N) is 2. The normalized spacial score (nSPS) is 11.4. The zero-order valence-electron chi connectivity index (χ0n) is 10.1. The minimum absolute atomic E-state index is 0.447. The molecule has 0 unspecified atom stereocenters. The Kier molecular flexibility index (Phi) is 5.91. The van der Waals surface area contributed by atoms with Crippen LogP contribution in [-0.4, -0.2) is 36.2 Å². The van der Waals surface area contributed by atoms with Crippen LogP contribution in [0.15, 0.2) is 17.3 Å². The Morgan fingerprint density at radius 2 is 2.41 bits per heavy atom. The van der Waals surface area contributed by atoms with Gasteiger partial charge < -0.3 is 10.1 Å². The van der Waals surface area contributed by atoms with Crippen molar-refractivity contribution in [2.45, 2.75) is 13.5 Å². The van der Waals surface area contributed by atoms with Gasteiger partial charge in [-0.15, -0.1) is 0 Å². The highest BCUT2D eigenvalue weighted by Crippen LogP contribution is 1.96. The molecule has 1 aromatic heterocycles. The maximum atomic E-state index is 5.33. The van der Waals surface area contributed by atoms with Crippen molar-refractivity contribution >= 4 is 5.96 Å². The fourth-order valence-corrected chi connectivity index (χ4v) is 1.18. The molecule has 0 aliphatic rings. The average Bonchev–Trinajstić information content (AvgIpc) is 2.34. The highest BCUT2D eigenvalue weighted by Gasteiger charge is 1.97. The SMILES string of the molecule is COCCNC(=NCc1ccnc(C)n1)NN. The fraction of sp³-hybridized carbons (Fsp3) is 0.500. The number of nitrogens with two attached hydrogens (primary N) is 1. The van der Waals surface area contributed by atoms with Gasteiger partial charge in [-0.3, -0.25) is 5.43 Å². The maximum absolute atomic E-state index is 5.33. The van der Waals surface area contributed by atoms with Gasteiger partial charge in [-0.2, -0.15) is 0 Å². The molecule has 17 heavy (non-hydrogen) atoms. The number of aryl methyl sites for hydroxylation is 1. The zero-order chi connectivity index (χ0) is 12.5. The molecule has 0 spiro atoms. The van der Waals surface area contributed by atoms with Crippen LogP contribution in [0, 0.1) is 6.92 Å². The van der Waals surface area contributed by atoms with E-state index in [1.54, 1.807) is 13.3 Å². The first kappa shape index (κ1) is 13.3. The van der Waals surface area contributed by atoms with Gasteiger partial charge in [0, 0.05) is 19.9 Å². The first-order chi connectivity index (χ1) is 8.26. The summed E-state index contributed by atoms with van der Waals surface area (Å²) in [6, 6.07) is 1.82. The quantitative estimate of drug-likeness (QED) is 0.207. The van der Waals surface area contributed by atoms with Crippen LogP contribution in [0.3, 0.4) is 0 Å². The number of hydrogen-bond donors (Lipinski definition) is 3. The Balaban J connectivity index is 2.49. The molecule has 0 aliphatic carbocycles. The summed E-state index contributed by atoms with van der Waals surface area (Å²) in [6.07, 6.45) is 1.71. The minimum atomic E-state index is 0.447. The van der Waals surface area contributed by atoms with E-state index < -0.39 is 0 Å². The van der Waals surface area contributed by atoms with E-state index in [0.29, 0.717) is 25.7 Å². The number of rotatable bonds is 5. The molecule has 0 radical (unpaired) electrons. The standard InChI is InChI=1S/C10H18N6O/c1-8-12-4-3-9(15-8)7-14-10(16-11)13-5-6-17-2/h3-4H,5-7,11H2,1-2H3,(H2,13,14,16). The minimum Gasteiger partial charge on any atom is -0.383 e. The fourth-order valence-electron chi connectivity index (χ4n) is 1.18. The zero-order valence-corrected chi connectivity index (χ0v) is 10.1. The molecular weight excluding hydrogens is 220 g/mol. The number of hydrogen-bond acceptors (Lipinski definition) is 5. The van der Waals surface area contributed by atoms with Crippen molar-refractivity contribution in [1.29, 1.82) is 0 Å². The lowest BCUT2D eigenvalue weighted by molar-refractivity contribution is 0.203. The van der Waals surface area contributed by atoms with E-state index in [4.69, 9.17) is 10.6 Å². The number of guanidine groups is 1. The van der Waals surface area contributed by atoms with E-state index in [1.807, 2.05) is 13.0 Å². The van der Waals surface area contributed by atoms with Crippen LogP contribution in [0.25, 0.3) is 0 Å². The van der Waals surface area contributed by atoms with Crippen LogP contribution >= 0.6 is 0 Å². The monoisotopic (exact) mass is 238 g/mol. The molecule has 1 aromatic rings. The summed E-state index contributed by atoms with van der Waals surface area (Å²) in [5.74, 6) is 6.57. The molecule has 0 amide bonds. The van der Waals surface area contributed by atoms with Crippen molar-refractivity contribution < 1.29 is 4.74 Å². The highest BCUT2D eigenvalue weighted by molar-refractivity contribution is 5.79. The van der Waals surface area contributed by atoms with E-state index >= 15 is 0 Å². The van der Waals surface area contributed by atoms with Gasteiger partial charge in [0.1, 0.15) is 5.82 Å². The van der Waals surface area contributed by atoms with Crippen molar-refractivity contribution in [2.24, 2.45) is 10.8 Å². The largest absolute Gasteiger partial charge is 0.383 e. The van der Waals surface area contributed by atoms with Crippen LogP contribution in [-0.2, 0) is 11.3 Å². The Labute approximate surface area is 100 Å². The molecule has 94 valence electrons. The lowest BCUT2D eigenvalue weighted by Gasteiger charge is -2.08. The molecule has 0 atom stereocenters. The van der Waals surface area contributed by atoms with Crippen molar-refractivity contribution in [1.82, 2.24) is 20.7 Å². The third kappa shape index (κ3) is 5.23. The van der Waals surface area contributed by atoms with Gasteiger partial charge in [-0.05, 0) is 13.0 Å². The average molecular weight is 238 g/mol. The van der Waals surface area contributed by atoms with Crippen LogP contribution in [0.5, 0.6) is 0 Å². The second-order valence-electron chi connectivity index (χ2n) is 3.32. The van der Waals surface area contributed by atoms with Gasteiger partial charge in [0.05, 0.1) is 18.8 Å². The first-order valence-electron chi connectivity index (χ1n) is 5.28. The molecule has 7 heteroatoms. The van der Waals surface area contributed by atoms with Crippen molar-refractivity contribution in [3.8, 4) is 0 Å². The number of aliphatic imine (C=N–C) groups is 1. The van der Waals surface area contributed by atoms with Gasteiger partial charge in [0.25, 0.3) is 0 Å². The van der Waals surface area contributed by atoms with Gasteiger partial charge >= 0.3 is 0 Å².